The van der Waals surface area contributed by atoms with Crippen molar-refractivity contribution in [1.82, 2.24) is 9.88 Å². The third-order valence-electron chi connectivity index (χ3n) is 5.15. The van der Waals surface area contributed by atoms with Gasteiger partial charge in [0.15, 0.2) is 0 Å². The molecule has 0 unspecified atom stereocenters. The van der Waals surface area contributed by atoms with Gasteiger partial charge in [0.2, 0.25) is 0 Å². The van der Waals surface area contributed by atoms with Gasteiger partial charge >= 0.3 is 0 Å². The first-order chi connectivity index (χ1) is 12.2. The van der Waals surface area contributed by atoms with Crippen molar-refractivity contribution in [2.45, 2.75) is 43.4 Å². The molecule has 0 saturated carbocycles. The Balaban J connectivity index is 0.00000196. The lowest BCUT2D eigenvalue weighted by Crippen LogP contribution is -2.34. The topological polar surface area (TPSA) is 19.0 Å². The van der Waals surface area contributed by atoms with Crippen molar-refractivity contribution >= 4 is 35.1 Å². The number of aryl methyl sites for hydroxylation is 2. The van der Waals surface area contributed by atoms with E-state index in [2.05, 4.69) is 84.0 Å². The number of benzene rings is 2. The number of likely N-dealkylation sites (tertiary alicyclic amines) is 1. The molecule has 0 amide bonds. The number of thioether (sulfide) groups is 1. The van der Waals surface area contributed by atoms with Crippen LogP contribution < -0.4 is 0 Å². The zero-order valence-corrected chi connectivity index (χ0v) is 17.1. The Hall–Kier alpha value is -1.42. The molecule has 0 radical (unpaired) electrons. The van der Waals surface area contributed by atoms with Crippen LogP contribution in [0.5, 0.6) is 0 Å². The van der Waals surface area contributed by atoms with Crippen molar-refractivity contribution in [2.75, 3.05) is 13.1 Å². The summed E-state index contributed by atoms with van der Waals surface area (Å²) in [7, 11) is 0. The number of aromatic amines is 1. The normalized spacial score (nSPS) is 15.9. The first kappa shape index (κ1) is 19.3. The van der Waals surface area contributed by atoms with E-state index in [1.807, 2.05) is 0 Å². The number of fused-ring (bicyclic) bond motifs is 1. The maximum Gasteiger partial charge on any atom is 0.0467 e. The van der Waals surface area contributed by atoms with Crippen LogP contribution in [0.15, 0.2) is 53.4 Å². The molecule has 1 fully saturated rings. The number of nitrogens with zero attached hydrogens (tertiary/aromatic N) is 1. The molecule has 1 aliphatic rings. The Kier molecular flexibility index (Phi) is 6.33. The molecule has 2 nitrogen and oxygen atoms in total. The largest absolute Gasteiger partial charge is 0.358 e. The van der Waals surface area contributed by atoms with Crippen LogP contribution >= 0.6 is 24.2 Å². The fraction of sp³-hybridized carbons (Fsp3) is 0.364. The minimum absolute atomic E-state index is 0. The van der Waals surface area contributed by atoms with Gasteiger partial charge in [-0.15, -0.1) is 24.2 Å². The summed E-state index contributed by atoms with van der Waals surface area (Å²) in [6, 6.07) is 17.6. The van der Waals surface area contributed by atoms with Gasteiger partial charge in [-0.2, -0.15) is 0 Å². The molecule has 0 aliphatic carbocycles. The van der Waals surface area contributed by atoms with Crippen molar-refractivity contribution < 1.29 is 0 Å². The van der Waals surface area contributed by atoms with Crippen molar-refractivity contribution in [2.24, 2.45) is 0 Å². The molecule has 1 aliphatic heterocycles. The lowest BCUT2D eigenvalue weighted by Gasteiger charge is -2.31. The molecule has 4 heteroatoms. The van der Waals surface area contributed by atoms with E-state index in [9.17, 15) is 0 Å². The fourth-order valence-electron chi connectivity index (χ4n) is 3.76. The number of piperidine rings is 1. The first-order valence-electron chi connectivity index (χ1n) is 9.21. The van der Waals surface area contributed by atoms with Gasteiger partial charge < -0.3 is 4.98 Å². The second-order valence-corrected chi connectivity index (χ2v) is 8.52. The maximum atomic E-state index is 3.55. The zero-order chi connectivity index (χ0) is 17.2. The first-order valence-corrected chi connectivity index (χ1v) is 10.1. The van der Waals surface area contributed by atoms with Crippen LogP contribution in [0.25, 0.3) is 10.9 Å². The van der Waals surface area contributed by atoms with Crippen LogP contribution in [0.4, 0.5) is 0 Å². The number of nitrogens with one attached hydrogen (secondary N) is 1. The van der Waals surface area contributed by atoms with E-state index >= 15 is 0 Å². The summed E-state index contributed by atoms with van der Waals surface area (Å²) in [6.07, 6.45) is 2.55. The average Bonchev–Trinajstić information content (AvgIpc) is 2.93. The van der Waals surface area contributed by atoms with Crippen LogP contribution in [-0.4, -0.2) is 28.2 Å². The number of halogens is 1. The Labute approximate surface area is 166 Å². The van der Waals surface area contributed by atoms with Crippen molar-refractivity contribution in [3.63, 3.8) is 0 Å². The van der Waals surface area contributed by atoms with E-state index in [4.69, 9.17) is 0 Å². The van der Waals surface area contributed by atoms with Crippen molar-refractivity contribution in [1.29, 1.82) is 0 Å². The van der Waals surface area contributed by atoms with Gasteiger partial charge in [-0.1, -0.05) is 42.0 Å². The fourth-order valence-corrected chi connectivity index (χ4v) is 5.06. The van der Waals surface area contributed by atoms with E-state index in [1.165, 1.54) is 58.6 Å². The highest BCUT2D eigenvalue weighted by atomic mass is 35.5. The Morgan fingerprint density at radius 3 is 2.50 bits per heavy atom. The summed E-state index contributed by atoms with van der Waals surface area (Å²) in [5.74, 6) is 0. The number of hydrogen-bond acceptors (Lipinski definition) is 2. The molecule has 4 rings (SSSR count). The van der Waals surface area contributed by atoms with Crippen LogP contribution in [0.3, 0.4) is 0 Å². The molecule has 2 aromatic carbocycles. The van der Waals surface area contributed by atoms with E-state index in [0.29, 0.717) is 0 Å². The van der Waals surface area contributed by atoms with Gasteiger partial charge in [-0.25, -0.2) is 0 Å². The Bertz CT molecular complexity index is 851. The Morgan fingerprint density at radius 2 is 1.77 bits per heavy atom. The molecule has 1 aromatic heterocycles. The Morgan fingerprint density at radius 1 is 1.04 bits per heavy atom. The van der Waals surface area contributed by atoms with Crippen LogP contribution in [-0.2, 0) is 6.54 Å². The summed E-state index contributed by atoms with van der Waals surface area (Å²) in [4.78, 5) is 7.61. The van der Waals surface area contributed by atoms with Crippen LogP contribution in [0.2, 0.25) is 0 Å². The molecule has 3 aromatic rings. The van der Waals surface area contributed by atoms with Gasteiger partial charge in [0.25, 0.3) is 0 Å². The summed E-state index contributed by atoms with van der Waals surface area (Å²) in [5.41, 5.74) is 5.35. The second kappa shape index (κ2) is 8.51. The number of H-pyrrole nitrogens is 1. The molecule has 2 heterocycles. The highest BCUT2D eigenvalue weighted by Crippen LogP contribution is 2.38. The summed E-state index contributed by atoms with van der Waals surface area (Å²) in [6.45, 7) is 7.88. The smallest absolute Gasteiger partial charge is 0.0467 e. The summed E-state index contributed by atoms with van der Waals surface area (Å²) < 4.78 is 0. The van der Waals surface area contributed by atoms with E-state index in [0.717, 1.165) is 11.8 Å². The third-order valence-corrected chi connectivity index (χ3v) is 6.72. The molecular formula is C22H27ClN2S. The SMILES string of the molecule is Cc1ccc2[nH]c(C)c(SC3CCN(Cc4ccccc4)CC3)c2c1.Cl. The lowest BCUT2D eigenvalue weighted by molar-refractivity contribution is 0.225. The molecule has 26 heavy (non-hydrogen) atoms. The number of aromatic nitrogens is 1. The molecule has 0 spiro atoms. The molecular weight excluding hydrogens is 360 g/mol. The quantitative estimate of drug-likeness (QED) is 0.596. The number of rotatable bonds is 4. The highest BCUT2D eigenvalue weighted by molar-refractivity contribution is 8.00. The minimum atomic E-state index is 0. The van der Waals surface area contributed by atoms with Gasteiger partial charge in [-0.05, 0) is 57.5 Å². The molecule has 0 bridgehead atoms. The average molecular weight is 387 g/mol. The van der Waals surface area contributed by atoms with Crippen LogP contribution in [0, 0.1) is 13.8 Å². The zero-order valence-electron chi connectivity index (χ0n) is 15.5. The lowest BCUT2D eigenvalue weighted by atomic mass is 10.1. The monoisotopic (exact) mass is 386 g/mol. The van der Waals surface area contributed by atoms with Gasteiger partial charge in [0, 0.05) is 33.3 Å². The summed E-state index contributed by atoms with van der Waals surface area (Å²) >= 11 is 2.09. The van der Waals surface area contributed by atoms with Gasteiger partial charge in [0.05, 0.1) is 0 Å². The van der Waals surface area contributed by atoms with E-state index in [-0.39, 0.29) is 12.4 Å². The second-order valence-electron chi connectivity index (χ2n) is 7.21. The standard InChI is InChI=1S/C22H26N2S.ClH/c1-16-8-9-21-20(14-16)22(17(2)23-21)25-19-10-12-24(13-11-19)15-18-6-4-3-5-7-18;/h3-9,14,19,23H,10-13,15H2,1-2H3;1H. The van der Waals surface area contributed by atoms with Crippen LogP contribution in [0.1, 0.15) is 29.7 Å². The maximum absolute atomic E-state index is 3.55. The van der Waals surface area contributed by atoms with Crippen molar-refractivity contribution in [3.05, 3.63) is 65.4 Å². The summed E-state index contributed by atoms with van der Waals surface area (Å²) in [5, 5.41) is 2.12. The van der Waals surface area contributed by atoms with Gasteiger partial charge in [0.1, 0.15) is 0 Å². The van der Waals surface area contributed by atoms with E-state index in [1.54, 1.807) is 0 Å². The number of hydrogen-bond donors (Lipinski definition) is 1. The predicted octanol–water partition coefficient (Wildman–Crippen LogP) is 5.96. The molecule has 1 N–H and O–H groups in total. The third kappa shape index (κ3) is 4.28. The predicted molar refractivity (Wildman–Crippen MR) is 116 cm³/mol. The highest BCUT2D eigenvalue weighted by Gasteiger charge is 2.22. The minimum Gasteiger partial charge on any atom is -0.358 e. The molecule has 1 saturated heterocycles. The molecule has 138 valence electrons. The van der Waals surface area contributed by atoms with Gasteiger partial charge in [-0.3, -0.25) is 4.90 Å². The van der Waals surface area contributed by atoms with Crippen molar-refractivity contribution in [3.8, 4) is 0 Å². The molecule has 0 atom stereocenters. The van der Waals surface area contributed by atoms with E-state index < -0.39 is 0 Å².